The molecule has 0 amide bonds. The van der Waals surface area contributed by atoms with Gasteiger partial charge in [0, 0.05) is 29.5 Å². The van der Waals surface area contributed by atoms with Gasteiger partial charge in [0.25, 0.3) is 0 Å². The Kier molecular flexibility index (Phi) is 4.82. The molecule has 3 nitrogen and oxygen atoms in total. The van der Waals surface area contributed by atoms with Crippen LogP contribution in [0, 0.1) is 0 Å². The Morgan fingerprint density at radius 1 is 1.05 bits per heavy atom. The smallest absolute Gasteiger partial charge is 0.145 e. The number of benzene rings is 1. The third-order valence-electron chi connectivity index (χ3n) is 3.26. The molecule has 4 heteroatoms. The third kappa shape index (κ3) is 3.80. The molecule has 1 N–H and O–H groups in total. The number of pyridine rings is 1. The number of nitrogens with one attached hydrogen (secondary N) is 1. The summed E-state index contributed by atoms with van der Waals surface area (Å²) >= 11 is 1.81. The van der Waals surface area contributed by atoms with Gasteiger partial charge >= 0.3 is 0 Å². The summed E-state index contributed by atoms with van der Waals surface area (Å²) < 4.78 is 5.83. The number of aromatic nitrogens is 1. The minimum Gasteiger partial charge on any atom is -0.490 e. The first-order chi connectivity index (χ1) is 10.4. The van der Waals surface area contributed by atoms with Crippen LogP contribution in [0.2, 0.25) is 0 Å². The van der Waals surface area contributed by atoms with Gasteiger partial charge < -0.3 is 10.1 Å². The van der Waals surface area contributed by atoms with Gasteiger partial charge in [-0.15, -0.1) is 11.3 Å². The van der Waals surface area contributed by atoms with Crippen LogP contribution in [0.5, 0.6) is 5.75 Å². The predicted molar refractivity (Wildman–Crippen MR) is 88.1 cm³/mol. The van der Waals surface area contributed by atoms with E-state index >= 15 is 0 Å². The van der Waals surface area contributed by atoms with E-state index in [1.165, 1.54) is 4.88 Å². The molecule has 3 rings (SSSR count). The van der Waals surface area contributed by atoms with Crippen LogP contribution in [0.4, 0.5) is 0 Å². The Hall–Kier alpha value is -1.91. The standard InChI is InChI=1S/C17H18N2OS/c1-4-14-5-2-9-19-17(14)16(7-1)20-12-11-18-10-8-15-6-3-13-21-15/h1-7,9,13,18H,8,10-12H2. The van der Waals surface area contributed by atoms with E-state index in [-0.39, 0.29) is 0 Å². The lowest BCUT2D eigenvalue weighted by molar-refractivity contribution is 0.317. The minimum absolute atomic E-state index is 0.653. The molecule has 0 aliphatic carbocycles. The van der Waals surface area contributed by atoms with Gasteiger partial charge in [-0.1, -0.05) is 24.3 Å². The van der Waals surface area contributed by atoms with E-state index in [0.29, 0.717) is 6.61 Å². The zero-order valence-electron chi connectivity index (χ0n) is 11.8. The van der Waals surface area contributed by atoms with Gasteiger partial charge in [-0.25, -0.2) is 0 Å². The van der Waals surface area contributed by atoms with Crippen molar-refractivity contribution < 1.29 is 4.74 Å². The molecular formula is C17H18N2OS. The Labute approximate surface area is 128 Å². The Bertz CT molecular complexity index is 677. The first-order valence-corrected chi connectivity index (χ1v) is 8.01. The molecule has 0 radical (unpaired) electrons. The molecule has 2 heterocycles. The van der Waals surface area contributed by atoms with Gasteiger partial charge in [0.1, 0.15) is 17.9 Å². The summed E-state index contributed by atoms with van der Waals surface area (Å²) in [5.41, 5.74) is 0.929. The van der Waals surface area contributed by atoms with Crippen LogP contribution < -0.4 is 10.1 Å². The molecule has 2 aromatic heterocycles. The fraction of sp³-hybridized carbons (Fsp3) is 0.235. The molecular weight excluding hydrogens is 280 g/mol. The zero-order chi connectivity index (χ0) is 14.3. The summed E-state index contributed by atoms with van der Waals surface area (Å²) in [6, 6.07) is 14.3. The lowest BCUT2D eigenvalue weighted by Crippen LogP contribution is -2.23. The molecule has 0 fully saturated rings. The molecule has 0 saturated carbocycles. The maximum atomic E-state index is 5.83. The highest BCUT2D eigenvalue weighted by Gasteiger charge is 2.02. The summed E-state index contributed by atoms with van der Waals surface area (Å²) in [6.07, 6.45) is 2.88. The average Bonchev–Trinajstić information content (AvgIpc) is 3.04. The van der Waals surface area contributed by atoms with Crippen molar-refractivity contribution in [1.29, 1.82) is 0 Å². The predicted octanol–water partition coefficient (Wildman–Crippen LogP) is 3.51. The van der Waals surface area contributed by atoms with E-state index < -0.39 is 0 Å². The molecule has 0 spiro atoms. The van der Waals surface area contributed by atoms with Crippen molar-refractivity contribution in [2.24, 2.45) is 0 Å². The minimum atomic E-state index is 0.653. The zero-order valence-corrected chi connectivity index (χ0v) is 12.6. The molecule has 0 aliphatic heterocycles. The molecule has 0 atom stereocenters. The SMILES string of the molecule is c1csc(CCNCCOc2cccc3cccnc23)c1. The highest BCUT2D eigenvalue weighted by Crippen LogP contribution is 2.22. The highest BCUT2D eigenvalue weighted by molar-refractivity contribution is 7.09. The number of fused-ring (bicyclic) bond motifs is 1. The van der Waals surface area contributed by atoms with E-state index in [0.717, 1.165) is 36.2 Å². The molecule has 0 aliphatic rings. The highest BCUT2D eigenvalue weighted by atomic mass is 32.1. The average molecular weight is 298 g/mol. The molecule has 108 valence electrons. The lowest BCUT2D eigenvalue weighted by atomic mass is 10.2. The van der Waals surface area contributed by atoms with Crippen molar-refractivity contribution in [2.45, 2.75) is 6.42 Å². The molecule has 0 saturated heterocycles. The fourth-order valence-corrected chi connectivity index (χ4v) is 2.93. The van der Waals surface area contributed by atoms with Crippen molar-refractivity contribution in [3.05, 3.63) is 58.9 Å². The van der Waals surface area contributed by atoms with Gasteiger partial charge in [-0.3, -0.25) is 4.98 Å². The molecule has 3 aromatic rings. The summed E-state index contributed by atoms with van der Waals surface area (Å²) in [6.45, 7) is 2.48. The summed E-state index contributed by atoms with van der Waals surface area (Å²) in [7, 11) is 0. The topological polar surface area (TPSA) is 34.1 Å². The summed E-state index contributed by atoms with van der Waals surface area (Å²) in [5.74, 6) is 0.855. The van der Waals surface area contributed by atoms with Gasteiger partial charge in [-0.2, -0.15) is 0 Å². The van der Waals surface area contributed by atoms with Gasteiger partial charge in [0.15, 0.2) is 0 Å². The normalized spacial score (nSPS) is 10.9. The van der Waals surface area contributed by atoms with Crippen molar-refractivity contribution in [3.8, 4) is 5.75 Å². The Morgan fingerprint density at radius 3 is 2.90 bits per heavy atom. The Morgan fingerprint density at radius 2 is 2.00 bits per heavy atom. The van der Waals surface area contributed by atoms with Crippen LogP contribution in [0.25, 0.3) is 10.9 Å². The van der Waals surface area contributed by atoms with Crippen LogP contribution >= 0.6 is 11.3 Å². The van der Waals surface area contributed by atoms with Crippen molar-refractivity contribution in [2.75, 3.05) is 19.7 Å². The molecule has 0 bridgehead atoms. The quantitative estimate of drug-likeness (QED) is 0.678. The molecule has 21 heavy (non-hydrogen) atoms. The number of para-hydroxylation sites is 1. The van der Waals surface area contributed by atoms with E-state index in [1.807, 2.05) is 18.2 Å². The number of nitrogens with zero attached hydrogens (tertiary/aromatic N) is 1. The van der Waals surface area contributed by atoms with E-state index in [2.05, 4.69) is 39.9 Å². The van der Waals surface area contributed by atoms with Crippen LogP contribution in [-0.2, 0) is 6.42 Å². The summed E-state index contributed by atoms with van der Waals surface area (Å²) in [4.78, 5) is 5.80. The first-order valence-electron chi connectivity index (χ1n) is 7.13. The second-order valence-corrected chi connectivity index (χ2v) is 5.79. The number of hydrogen-bond acceptors (Lipinski definition) is 4. The number of hydrogen-bond donors (Lipinski definition) is 1. The monoisotopic (exact) mass is 298 g/mol. The van der Waals surface area contributed by atoms with E-state index in [9.17, 15) is 0 Å². The number of ether oxygens (including phenoxy) is 1. The first kappa shape index (κ1) is 14.0. The second kappa shape index (κ2) is 7.20. The maximum absolute atomic E-state index is 5.83. The molecule has 1 aromatic carbocycles. The van der Waals surface area contributed by atoms with Crippen molar-refractivity contribution in [3.63, 3.8) is 0 Å². The summed E-state index contributed by atoms with van der Waals surface area (Å²) in [5, 5.41) is 6.63. The van der Waals surface area contributed by atoms with E-state index in [4.69, 9.17) is 4.74 Å². The van der Waals surface area contributed by atoms with Crippen LogP contribution in [-0.4, -0.2) is 24.7 Å². The van der Waals surface area contributed by atoms with Crippen LogP contribution in [0.15, 0.2) is 54.0 Å². The third-order valence-corrected chi connectivity index (χ3v) is 4.20. The number of rotatable bonds is 7. The van der Waals surface area contributed by atoms with Gasteiger partial charge in [0.2, 0.25) is 0 Å². The second-order valence-electron chi connectivity index (χ2n) is 4.76. The van der Waals surface area contributed by atoms with Crippen molar-refractivity contribution in [1.82, 2.24) is 10.3 Å². The largest absolute Gasteiger partial charge is 0.490 e. The van der Waals surface area contributed by atoms with Crippen LogP contribution in [0.3, 0.4) is 0 Å². The van der Waals surface area contributed by atoms with Gasteiger partial charge in [-0.05, 0) is 30.0 Å². The fourth-order valence-electron chi connectivity index (χ4n) is 2.22. The lowest BCUT2D eigenvalue weighted by Gasteiger charge is -2.09. The van der Waals surface area contributed by atoms with Crippen LogP contribution in [0.1, 0.15) is 4.88 Å². The maximum Gasteiger partial charge on any atom is 0.145 e. The van der Waals surface area contributed by atoms with E-state index in [1.54, 1.807) is 17.5 Å². The van der Waals surface area contributed by atoms with Gasteiger partial charge in [0.05, 0.1) is 0 Å². The molecule has 0 unspecified atom stereocenters. The van der Waals surface area contributed by atoms with Crippen molar-refractivity contribution >= 4 is 22.2 Å². The number of thiophene rings is 1. The Balaban J connectivity index is 1.44.